The number of nitrogens with two attached hydrogens (primary N) is 1. The molecule has 0 saturated heterocycles. The van der Waals surface area contributed by atoms with Gasteiger partial charge >= 0.3 is 0 Å². The largest absolute Gasteiger partial charge is 0.330 e. The first-order valence-electron chi connectivity index (χ1n) is 5.16. The number of rotatable bonds is 5. The maximum Gasteiger partial charge on any atom is 0.252 e. The molecule has 1 aromatic rings. The van der Waals surface area contributed by atoms with Gasteiger partial charge in [-0.05, 0) is 38.9 Å². The molecule has 1 rings (SSSR count). The third kappa shape index (κ3) is 2.82. The molecule has 0 saturated carbocycles. The highest BCUT2D eigenvalue weighted by Crippen LogP contribution is 2.25. The summed E-state index contributed by atoms with van der Waals surface area (Å²) < 4.78 is 26.0. The smallest absolute Gasteiger partial charge is 0.252 e. The van der Waals surface area contributed by atoms with Gasteiger partial charge in [-0.25, -0.2) is 8.42 Å². The van der Waals surface area contributed by atoms with Gasteiger partial charge < -0.3 is 5.73 Å². The van der Waals surface area contributed by atoms with Crippen molar-refractivity contribution in [2.75, 3.05) is 13.6 Å². The van der Waals surface area contributed by atoms with Crippen LogP contribution in [0.1, 0.15) is 18.7 Å². The Morgan fingerprint density at radius 1 is 1.44 bits per heavy atom. The van der Waals surface area contributed by atoms with Gasteiger partial charge in [0, 0.05) is 18.0 Å². The second-order valence-corrected chi connectivity index (χ2v) is 7.27. The number of nitrogens with zero attached hydrogens (tertiary/aromatic N) is 1. The summed E-state index contributed by atoms with van der Waals surface area (Å²) in [5.41, 5.74) is 5.43. The van der Waals surface area contributed by atoms with Gasteiger partial charge in [-0.3, -0.25) is 0 Å². The van der Waals surface area contributed by atoms with Crippen LogP contribution in [-0.4, -0.2) is 32.4 Å². The van der Waals surface area contributed by atoms with Gasteiger partial charge in [0.05, 0.1) is 0 Å². The second-order valence-electron chi connectivity index (χ2n) is 3.87. The van der Waals surface area contributed by atoms with Crippen molar-refractivity contribution in [3.05, 3.63) is 17.0 Å². The highest BCUT2D eigenvalue weighted by atomic mass is 32.2. The van der Waals surface area contributed by atoms with Crippen molar-refractivity contribution in [3.63, 3.8) is 0 Å². The van der Waals surface area contributed by atoms with E-state index < -0.39 is 10.0 Å². The van der Waals surface area contributed by atoms with E-state index in [2.05, 4.69) is 0 Å². The molecule has 16 heavy (non-hydrogen) atoms. The standard InChI is InChI=1S/C10H18N2O2S2/c1-8(2)12(3)16(13,14)10-5-4-9(15-10)6-7-11/h4-5,8H,6-7,11H2,1-3H3. The average molecular weight is 262 g/mol. The molecule has 92 valence electrons. The van der Waals surface area contributed by atoms with E-state index in [9.17, 15) is 8.42 Å². The summed E-state index contributed by atoms with van der Waals surface area (Å²) in [6, 6.07) is 3.45. The number of hydrogen-bond acceptors (Lipinski definition) is 4. The van der Waals surface area contributed by atoms with E-state index in [-0.39, 0.29) is 6.04 Å². The molecule has 0 amide bonds. The highest BCUT2D eigenvalue weighted by molar-refractivity contribution is 7.91. The van der Waals surface area contributed by atoms with Crippen LogP contribution in [0.25, 0.3) is 0 Å². The number of thiophene rings is 1. The van der Waals surface area contributed by atoms with E-state index in [4.69, 9.17) is 5.73 Å². The van der Waals surface area contributed by atoms with E-state index in [1.54, 1.807) is 13.1 Å². The number of hydrogen-bond donors (Lipinski definition) is 1. The summed E-state index contributed by atoms with van der Waals surface area (Å²) in [5, 5.41) is 0. The van der Waals surface area contributed by atoms with Crippen molar-refractivity contribution in [3.8, 4) is 0 Å². The van der Waals surface area contributed by atoms with Gasteiger partial charge in [0.2, 0.25) is 0 Å². The Labute approximate surface area is 101 Å². The summed E-state index contributed by atoms with van der Waals surface area (Å²) in [6.07, 6.45) is 0.728. The Balaban J connectivity index is 2.98. The lowest BCUT2D eigenvalue weighted by Gasteiger charge is -2.19. The minimum Gasteiger partial charge on any atom is -0.330 e. The maximum atomic E-state index is 12.1. The molecule has 0 aromatic carbocycles. The Morgan fingerprint density at radius 2 is 2.06 bits per heavy atom. The molecule has 0 fully saturated rings. The molecule has 4 nitrogen and oxygen atoms in total. The number of sulfonamides is 1. The van der Waals surface area contributed by atoms with Crippen LogP contribution in [0.15, 0.2) is 16.3 Å². The normalized spacial score (nSPS) is 12.6. The minimum atomic E-state index is -3.32. The van der Waals surface area contributed by atoms with Gasteiger partial charge in [-0.2, -0.15) is 4.31 Å². The van der Waals surface area contributed by atoms with E-state index in [1.165, 1.54) is 15.6 Å². The van der Waals surface area contributed by atoms with Gasteiger partial charge in [0.15, 0.2) is 0 Å². The Bertz CT molecular complexity index is 437. The molecular weight excluding hydrogens is 244 g/mol. The molecular formula is C10H18N2O2S2. The quantitative estimate of drug-likeness (QED) is 0.869. The fourth-order valence-corrected chi connectivity index (χ4v) is 4.12. The Hall–Kier alpha value is -0.430. The zero-order chi connectivity index (χ0) is 12.3. The molecule has 0 aliphatic carbocycles. The van der Waals surface area contributed by atoms with Crippen LogP contribution < -0.4 is 5.73 Å². The molecule has 0 atom stereocenters. The van der Waals surface area contributed by atoms with Crippen LogP contribution >= 0.6 is 11.3 Å². The molecule has 0 aliphatic heterocycles. The zero-order valence-corrected chi connectivity index (χ0v) is 11.4. The highest BCUT2D eigenvalue weighted by Gasteiger charge is 2.24. The van der Waals surface area contributed by atoms with Crippen LogP contribution in [-0.2, 0) is 16.4 Å². The fourth-order valence-electron chi connectivity index (χ4n) is 1.19. The van der Waals surface area contributed by atoms with Gasteiger partial charge in [0.1, 0.15) is 4.21 Å². The van der Waals surface area contributed by atoms with E-state index in [0.717, 1.165) is 11.3 Å². The Morgan fingerprint density at radius 3 is 2.56 bits per heavy atom. The molecule has 1 heterocycles. The summed E-state index contributed by atoms with van der Waals surface area (Å²) in [7, 11) is -1.73. The van der Waals surface area contributed by atoms with Crippen LogP contribution in [0.5, 0.6) is 0 Å². The van der Waals surface area contributed by atoms with Crippen molar-refractivity contribution in [1.29, 1.82) is 0 Å². The minimum absolute atomic E-state index is 0.0370. The van der Waals surface area contributed by atoms with Crippen molar-refractivity contribution >= 4 is 21.4 Å². The van der Waals surface area contributed by atoms with Crippen molar-refractivity contribution in [2.45, 2.75) is 30.5 Å². The lowest BCUT2D eigenvalue weighted by molar-refractivity contribution is 0.412. The molecule has 0 unspecified atom stereocenters. The SMILES string of the molecule is CC(C)N(C)S(=O)(=O)c1ccc(CCN)s1. The third-order valence-corrected chi connectivity index (χ3v) is 6.03. The summed E-state index contributed by atoms with van der Waals surface area (Å²) in [4.78, 5) is 1.01. The van der Waals surface area contributed by atoms with Crippen LogP contribution in [0, 0.1) is 0 Å². The summed E-state index contributed by atoms with van der Waals surface area (Å²) in [5.74, 6) is 0. The van der Waals surface area contributed by atoms with E-state index in [1.807, 2.05) is 19.9 Å². The lowest BCUT2D eigenvalue weighted by atomic mass is 10.3. The van der Waals surface area contributed by atoms with Crippen molar-refractivity contribution < 1.29 is 8.42 Å². The summed E-state index contributed by atoms with van der Waals surface area (Å²) in [6.45, 7) is 4.25. The first-order valence-corrected chi connectivity index (χ1v) is 7.42. The van der Waals surface area contributed by atoms with Crippen LogP contribution in [0.3, 0.4) is 0 Å². The van der Waals surface area contributed by atoms with E-state index >= 15 is 0 Å². The van der Waals surface area contributed by atoms with Gasteiger partial charge in [0.25, 0.3) is 10.0 Å². The predicted octanol–water partition coefficient (Wildman–Crippen LogP) is 1.28. The van der Waals surface area contributed by atoms with Gasteiger partial charge in [-0.1, -0.05) is 0 Å². The molecule has 0 spiro atoms. The first kappa shape index (κ1) is 13.6. The molecule has 0 aliphatic rings. The van der Waals surface area contributed by atoms with Crippen molar-refractivity contribution in [1.82, 2.24) is 4.31 Å². The molecule has 0 radical (unpaired) electrons. The molecule has 0 bridgehead atoms. The second kappa shape index (κ2) is 5.27. The van der Waals surface area contributed by atoms with Gasteiger partial charge in [-0.15, -0.1) is 11.3 Å². The zero-order valence-electron chi connectivity index (χ0n) is 9.80. The average Bonchev–Trinajstić information content (AvgIpc) is 2.66. The fraction of sp³-hybridized carbons (Fsp3) is 0.600. The maximum absolute atomic E-state index is 12.1. The molecule has 6 heteroatoms. The monoisotopic (exact) mass is 262 g/mol. The van der Waals surface area contributed by atoms with Crippen LogP contribution in [0.2, 0.25) is 0 Å². The lowest BCUT2D eigenvalue weighted by Crippen LogP contribution is -2.32. The van der Waals surface area contributed by atoms with Crippen LogP contribution in [0.4, 0.5) is 0 Å². The summed E-state index contributed by atoms with van der Waals surface area (Å²) >= 11 is 1.30. The predicted molar refractivity (Wildman–Crippen MR) is 67.2 cm³/mol. The molecule has 1 aromatic heterocycles. The molecule has 2 N–H and O–H groups in total. The topological polar surface area (TPSA) is 63.4 Å². The third-order valence-electron chi connectivity index (χ3n) is 2.39. The first-order chi connectivity index (χ1) is 7.39. The van der Waals surface area contributed by atoms with Crippen molar-refractivity contribution in [2.24, 2.45) is 5.73 Å². The Kier molecular flexibility index (Phi) is 4.49. The van der Waals surface area contributed by atoms with E-state index in [0.29, 0.717) is 10.8 Å².